The summed E-state index contributed by atoms with van der Waals surface area (Å²) in [5, 5.41) is 15.6. The van der Waals surface area contributed by atoms with Crippen LogP contribution in [0.25, 0.3) is 38.9 Å². The van der Waals surface area contributed by atoms with Gasteiger partial charge in [0.05, 0.1) is 17.6 Å². The van der Waals surface area contributed by atoms with Gasteiger partial charge in [0, 0.05) is 28.1 Å². The Labute approximate surface area is 209 Å². The summed E-state index contributed by atoms with van der Waals surface area (Å²) in [5.41, 5.74) is 11.2. The second kappa shape index (κ2) is 9.07. The first-order valence-electron chi connectivity index (χ1n) is 11.8. The zero-order valence-electron chi connectivity index (χ0n) is 20.1. The molecule has 0 amide bonds. The minimum absolute atomic E-state index is 0.601. The second-order valence-electron chi connectivity index (χ2n) is 8.75. The highest BCUT2D eigenvalue weighted by molar-refractivity contribution is 6.00. The smallest absolute Gasteiger partial charge is 0.176 e. The van der Waals surface area contributed by atoms with E-state index in [2.05, 4.69) is 71.0 Å². The van der Waals surface area contributed by atoms with E-state index in [9.17, 15) is 0 Å². The van der Waals surface area contributed by atoms with Gasteiger partial charge < -0.3 is 0 Å². The van der Waals surface area contributed by atoms with E-state index in [4.69, 9.17) is 4.98 Å². The SMILES string of the molecule is Cc1ccc(-c2nnc(N/N=C\c3c(-c4ccccc4)nc4ccccn34)c3ccccc23)cc1C. The number of rotatable bonds is 5. The van der Waals surface area contributed by atoms with Gasteiger partial charge in [0.15, 0.2) is 5.82 Å². The van der Waals surface area contributed by atoms with Gasteiger partial charge in [0.25, 0.3) is 0 Å². The Balaban J connectivity index is 1.39. The van der Waals surface area contributed by atoms with Crippen LogP contribution in [-0.2, 0) is 0 Å². The van der Waals surface area contributed by atoms with Crippen molar-refractivity contribution in [3.63, 3.8) is 0 Å². The molecule has 0 spiro atoms. The zero-order chi connectivity index (χ0) is 24.5. The Bertz CT molecular complexity index is 1730. The molecule has 0 aliphatic carbocycles. The molecule has 0 saturated carbocycles. The Morgan fingerprint density at radius 2 is 1.50 bits per heavy atom. The molecule has 6 nitrogen and oxygen atoms in total. The van der Waals surface area contributed by atoms with Crippen molar-refractivity contribution in [2.75, 3.05) is 5.43 Å². The molecule has 6 heteroatoms. The van der Waals surface area contributed by atoms with E-state index >= 15 is 0 Å². The molecule has 0 aliphatic rings. The zero-order valence-corrected chi connectivity index (χ0v) is 20.1. The first-order valence-corrected chi connectivity index (χ1v) is 11.8. The summed E-state index contributed by atoms with van der Waals surface area (Å²) in [6.07, 6.45) is 3.78. The predicted molar refractivity (Wildman–Crippen MR) is 146 cm³/mol. The average Bonchev–Trinajstić information content (AvgIpc) is 3.29. The van der Waals surface area contributed by atoms with Crippen molar-refractivity contribution < 1.29 is 0 Å². The Morgan fingerprint density at radius 3 is 2.33 bits per heavy atom. The molecule has 0 saturated heterocycles. The number of nitrogens with zero attached hydrogens (tertiary/aromatic N) is 5. The number of nitrogens with one attached hydrogen (secondary N) is 1. The minimum atomic E-state index is 0.601. The molecule has 36 heavy (non-hydrogen) atoms. The van der Waals surface area contributed by atoms with Gasteiger partial charge in [0.2, 0.25) is 0 Å². The lowest BCUT2D eigenvalue weighted by atomic mass is 10.0. The summed E-state index contributed by atoms with van der Waals surface area (Å²) in [6.45, 7) is 4.23. The van der Waals surface area contributed by atoms with E-state index in [0.717, 1.165) is 44.6 Å². The normalized spacial score (nSPS) is 11.5. The van der Waals surface area contributed by atoms with Crippen LogP contribution < -0.4 is 5.43 Å². The molecule has 174 valence electrons. The number of aromatic nitrogens is 4. The van der Waals surface area contributed by atoms with Crippen molar-refractivity contribution >= 4 is 28.5 Å². The monoisotopic (exact) mass is 468 g/mol. The highest BCUT2D eigenvalue weighted by atomic mass is 15.3. The minimum Gasteiger partial charge on any atom is -0.298 e. The van der Waals surface area contributed by atoms with Crippen molar-refractivity contribution in [1.29, 1.82) is 0 Å². The molecule has 0 radical (unpaired) electrons. The van der Waals surface area contributed by atoms with Gasteiger partial charge >= 0.3 is 0 Å². The molecule has 6 aromatic rings. The summed E-state index contributed by atoms with van der Waals surface area (Å²) < 4.78 is 2.03. The summed E-state index contributed by atoms with van der Waals surface area (Å²) in [4.78, 5) is 4.83. The first-order chi connectivity index (χ1) is 17.7. The van der Waals surface area contributed by atoms with E-state index in [0.29, 0.717) is 5.82 Å². The second-order valence-corrected chi connectivity index (χ2v) is 8.75. The predicted octanol–water partition coefficient (Wildman–Crippen LogP) is 6.67. The van der Waals surface area contributed by atoms with Crippen LogP contribution in [-0.4, -0.2) is 25.8 Å². The maximum absolute atomic E-state index is 4.83. The maximum atomic E-state index is 4.83. The van der Waals surface area contributed by atoms with Gasteiger partial charge in [-0.3, -0.25) is 9.83 Å². The highest BCUT2D eigenvalue weighted by Gasteiger charge is 2.13. The molecule has 0 aliphatic heterocycles. The summed E-state index contributed by atoms with van der Waals surface area (Å²) in [6, 6.07) is 30.6. The molecule has 1 N–H and O–H groups in total. The highest BCUT2D eigenvalue weighted by Crippen LogP contribution is 2.31. The van der Waals surface area contributed by atoms with Crippen LogP contribution >= 0.6 is 0 Å². The fraction of sp³-hybridized carbons (Fsp3) is 0.0667. The standard InChI is InChI=1S/C30H24N6/c1-20-15-16-23(18-21(20)2)28-24-12-6-7-13-25(24)30(35-33-28)34-31-19-26-29(22-10-4-3-5-11-22)32-27-14-8-9-17-36(26)27/h3-19H,1-2H3,(H,34,35)/b31-19-. The lowest BCUT2D eigenvalue weighted by Gasteiger charge is -2.10. The molecule has 0 fully saturated rings. The van der Waals surface area contributed by atoms with Crippen LogP contribution in [0.1, 0.15) is 16.8 Å². The third-order valence-electron chi connectivity index (χ3n) is 6.44. The molecule has 3 aromatic heterocycles. The number of imidazole rings is 1. The Morgan fingerprint density at radius 1 is 0.722 bits per heavy atom. The lowest BCUT2D eigenvalue weighted by Crippen LogP contribution is -2.00. The fourth-order valence-corrected chi connectivity index (χ4v) is 4.39. The van der Waals surface area contributed by atoms with Gasteiger partial charge in [-0.25, -0.2) is 4.98 Å². The van der Waals surface area contributed by atoms with Crippen molar-refractivity contribution in [2.24, 2.45) is 5.10 Å². The van der Waals surface area contributed by atoms with E-state index < -0.39 is 0 Å². The van der Waals surface area contributed by atoms with Gasteiger partial charge in [-0.05, 0) is 43.2 Å². The number of fused-ring (bicyclic) bond motifs is 2. The van der Waals surface area contributed by atoms with Gasteiger partial charge in [-0.1, -0.05) is 72.8 Å². The number of hydrogen-bond donors (Lipinski definition) is 1. The lowest BCUT2D eigenvalue weighted by molar-refractivity contribution is 1.04. The number of pyridine rings is 1. The molecular formula is C30H24N6. The first kappa shape index (κ1) is 21.7. The Kier molecular flexibility index (Phi) is 5.46. The largest absolute Gasteiger partial charge is 0.298 e. The fourth-order valence-electron chi connectivity index (χ4n) is 4.39. The molecule has 3 aromatic carbocycles. The van der Waals surface area contributed by atoms with E-state index in [1.54, 1.807) is 6.21 Å². The van der Waals surface area contributed by atoms with Crippen LogP contribution in [0.5, 0.6) is 0 Å². The van der Waals surface area contributed by atoms with Gasteiger partial charge in [-0.2, -0.15) is 5.10 Å². The van der Waals surface area contributed by atoms with Crippen molar-refractivity contribution in [2.45, 2.75) is 13.8 Å². The van der Waals surface area contributed by atoms with Crippen LogP contribution in [0, 0.1) is 13.8 Å². The number of anilines is 1. The summed E-state index contributed by atoms with van der Waals surface area (Å²) in [7, 11) is 0. The van der Waals surface area contributed by atoms with E-state index in [-0.39, 0.29) is 0 Å². The molecule has 3 heterocycles. The van der Waals surface area contributed by atoms with E-state index in [1.165, 1.54) is 11.1 Å². The molecule has 0 atom stereocenters. The quantitative estimate of drug-likeness (QED) is 0.226. The number of hydrogen-bond acceptors (Lipinski definition) is 5. The van der Waals surface area contributed by atoms with Gasteiger partial charge in [-0.15, -0.1) is 10.2 Å². The summed E-state index contributed by atoms with van der Waals surface area (Å²) in [5.74, 6) is 0.601. The van der Waals surface area contributed by atoms with Crippen LogP contribution in [0.3, 0.4) is 0 Å². The van der Waals surface area contributed by atoms with Crippen molar-refractivity contribution in [1.82, 2.24) is 19.6 Å². The maximum Gasteiger partial charge on any atom is 0.176 e. The number of aryl methyl sites for hydroxylation is 2. The van der Waals surface area contributed by atoms with Crippen LogP contribution in [0.2, 0.25) is 0 Å². The van der Waals surface area contributed by atoms with E-state index in [1.807, 2.05) is 65.2 Å². The molecule has 0 bridgehead atoms. The number of benzene rings is 3. The van der Waals surface area contributed by atoms with Crippen LogP contribution in [0.15, 0.2) is 102 Å². The molecule has 6 rings (SSSR count). The van der Waals surface area contributed by atoms with Crippen molar-refractivity contribution in [3.8, 4) is 22.5 Å². The number of hydrazone groups is 1. The molecular weight excluding hydrogens is 444 g/mol. The van der Waals surface area contributed by atoms with Crippen molar-refractivity contribution in [3.05, 3.63) is 114 Å². The topological polar surface area (TPSA) is 67.5 Å². The Hall–Kier alpha value is -4.84. The van der Waals surface area contributed by atoms with Crippen LogP contribution in [0.4, 0.5) is 5.82 Å². The molecule has 0 unspecified atom stereocenters. The van der Waals surface area contributed by atoms with Gasteiger partial charge in [0.1, 0.15) is 11.3 Å². The third kappa shape index (κ3) is 3.88. The third-order valence-corrected chi connectivity index (χ3v) is 6.44. The average molecular weight is 469 g/mol. The summed E-state index contributed by atoms with van der Waals surface area (Å²) >= 11 is 0.